The van der Waals surface area contributed by atoms with Crippen molar-refractivity contribution in [2.45, 2.75) is 19.3 Å². The van der Waals surface area contributed by atoms with Crippen LogP contribution in [0.25, 0.3) is 11.0 Å². The number of nitrogens with one attached hydrogen (secondary N) is 1. The number of rotatable bonds is 3. The lowest BCUT2D eigenvalue weighted by molar-refractivity contribution is 0.778. The molecule has 0 aromatic carbocycles. The van der Waals surface area contributed by atoms with E-state index < -0.39 is 0 Å². The standard InChI is InChI=1S/C15H14ClN3/c1-2-11(10-4-3-6-17-8-10)12-9-19-15-14(12)13(16)5-7-18-15/h3-9,11H,2H2,1H3,(H,18,19). The molecule has 3 nitrogen and oxygen atoms in total. The van der Waals surface area contributed by atoms with Gasteiger partial charge in [-0.05, 0) is 29.7 Å². The molecule has 1 unspecified atom stereocenters. The molecule has 96 valence electrons. The summed E-state index contributed by atoms with van der Waals surface area (Å²) in [7, 11) is 0. The van der Waals surface area contributed by atoms with Gasteiger partial charge in [0.25, 0.3) is 0 Å². The molecular weight excluding hydrogens is 258 g/mol. The summed E-state index contributed by atoms with van der Waals surface area (Å²) >= 11 is 6.32. The Morgan fingerprint density at radius 2 is 2.21 bits per heavy atom. The molecule has 0 saturated heterocycles. The Hall–Kier alpha value is -1.87. The quantitative estimate of drug-likeness (QED) is 0.777. The summed E-state index contributed by atoms with van der Waals surface area (Å²) in [5.41, 5.74) is 3.22. The zero-order valence-electron chi connectivity index (χ0n) is 10.6. The van der Waals surface area contributed by atoms with Gasteiger partial charge in [0.15, 0.2) is 0 Å². The van der Waals surface area contributed by atoms with Crippen molar-refractivity contribution in [2.75, 3.05) is 0 Å². The summed E-state index contributed by atoms with van der Waals surface area (Å²) in [6, 6.07) is 5.90. The molecule has 1 atom stereocenters. The van der Waals surface area contributed by atoms with Crippen LogP contribution in [0.1, 0.15) is 30.4 Å². The predicted molar refractivity (Wildman–Crippen MR) is 77.5 cm³/mol. The van der Waals surface area contributed by atoms with E-state index in [4.69, 9.17) is 11.6 Å². The van der Waals surface area contributed by atoms with Crippen LogP contribution in [0, 0.1) is 0 Å². The molecule has 0 aliphatic rings. The molecule has 0 fully saturated rings. The highest BCUT2D eigenvalue weighted by Crippen LogP contribution is 2.35. The average Bonchev–Trinajstić information content (AvgIpc) is 2.86. The van der Waals surface area contributed by atoms with Gasteiger partial charge in [0.2, 0.25) is 0 Å². The first-order valence-electron chi connectivity index (χ1n) is 6.32. The minimum Gasteiger partial charge on any atom is -0.346 e. The summed E-state index contributed by atoms with van der Waals surface area (Å²) in [5.74, 6) is 0.282. The fourth-order valence-corrected chi connectivity index (χ4v) is 2.79. The maximum absolute atomic E-state index is 6.32. The van der Waals surface area contributed by atoms with Crippen LogP contribution >= 0.6 is 11.6 Å². The van der Waals surface area contributed by atoms with Gasteiger partial charge in [0.1, 0.15) is 5.65 Å². The van der Waals surface area contributed by atoms with E-state index >= 15 is 0 Å². The molecule has 1 N–H and O–H groups in total. The third kappa shape index (κ3) is 2.10. The molecule has 0 bridgehead atoms. The normalized spacial score (nSPS) is 12.7. The first-order valence-corrected chi connectivity index (χ1v) is 6.70. The van der Waals surface area contributed by atoms with Gasteiger partial charge in [0, 0.05) is 36.1 Å². The molecule has 3 aromatic rings. The topological polar surface area (TPSA) is 41.6 Å². The highest BCUT2D eigenvalue weighted by atomic mass is 35.5. The Bertz CT molecular complexity index is 691. The number of aromatic nitrogens is 3. The lowest BCUT2D eigenvalue weighted by Crippen LogP contribution is -1.99. The van der Waals surface area contributed by atoms with Crippen molar-refractivity contribution in [3.05, 3.63) is 59.1 Å². The van der Waals surface area contributed by atoms with Crippen LogP contribution in [-0.4, -0.2) is 15.0 Å². The predicted octanol–water partition coefficient (Wildman–Crippen LogP) is 4.15. The smallest absolute Gasteiger partial charge is 0.139 e. The minimum atomic E-state index is 0.282. The number of fused-ring (bicyclic) bond motifs is 1. The van der Waals surface area contributed by atoms with Crippen molar-refractivity contribution < 1.29 is 0 Å². The third-order valence-corrected chi connectivity index (χ3v) is 3.74. The Balaban J connectivity index is 2.17. The Morgan fingerprint density at radius 1 is 1.32 bits per heavy atom. The van der Waals surface area contributed by atoms with E-state index in [1.54, 1.807) is 12.4 Å². The van der Waals surface area contributed by atoms with Crippen LogP contribution in [0.15, 0.2) is 43.0 Å². The van der Waals surface area contributed by atoms with E-state index in [1.165, 1.54) is 11.1 Å². The van der Waals surface area contributed by atoms with Crippen LogP contribution in [-0.2, 0) is 0 Å². The van der Waals surface area contributed by atoms with Gasteiger partial charge in [-0.25, -0.2) is 4.98 Å². The molecule has 3 heterocycles. The van der Waals surface area contributed by atoms with E-state index in [1.807, 2.05) is 24.5 Å². The highest BCUT2D eigenvalue weighted by Gasteiger charge is 2.18. The van der Waals surface area contributed by atoms with Crippen LogP contribution in [0.5, 0.6) is 0 Å². The molecule has 4 heteroatoms. The summed E-state index contributed by atoms with van der Waals surface area (Å²) in [6.45, 7) is 2.17. The summed E-state index contributed by atoms with van der Waals surface area (Å²) in [6.07, 6.45) is 8.42. The van der Waals surface area contributed by atoms with Gasteiger partial charge in [0.05, 0.1) is 5.02 Å². The number of nitrogens with zero attached hydrogens (tertiary/aromatic N) is 2. The van der Waals surface area contributed by atoms with Crippen LogP contribution in [0.4, 0.5) is 0 Å². The molecular formula is C15H14ClN3. The highest BCUT2D eigenvalue weighted by molar-refractivity contribution is 6.35. The SMILES string of the molecule is CCC(c1cccnc1)c1c[nH]c2nccc(Cl)c12. The molecule has 0 saturated carbocycles. The number of aromatic amines is 1. The van der Waals surface area contributed by atoms with Crippen molar-refractivity contribution in [1.29, 1.82) is 0 Å². The fraction of sp³-hybridized carbons (Fsp3) is 0.200. The molecule has 0 spiro atoms. The largest absolute Gasteiger partial charge is 0.346 e. The van der Waals surface area contributed by atoms with Crippen molar-refractivity contribution in [1.82, 2.24) is 15.0 Å². The van der Waals surface area contributed by atoms with Gasteiger partial charge in [-0.15, -0.1) is 0 Å². The number of halogens is 1. The van der Waals surface area contributed by atoms with Gasteiger partial charge >= 0.3 is 0 Å². The maximum Gasteiger partial charge on any atom is 0.139 e. The van der Waals surface area contributed by atoms with Crippen molar-refractivity contribution in [3.63, 3.8) is 0 Å². The molecule has 0 aliphatic heterocycles. The first kappa shape index (κ1) is 12.2. The fourth-order valence-electron chi connectivity index (χ4n) is 2.53. The van der Waals surface area contributed by atoms with Gasteiger partial charge < -0.3 is 4.98 Å². The van der Waals surface area contributed by atoms with Crippen LogP contribution < -0.4 is 0 Å². The zero-order valence-corrected chi connectivity index (χ0v) is 11.4. The molecule has 3 aromatic heterocycles. The van der Waals surface area contributed by atoms with E-state index in [2.05, 4.69) is 27.9 Å². The third-order valence-electron chi connectivity index (χ3n) is 3.42. The molecule has 0 aliphatic carbocycles. The van der Waals surface area contributed by atoms with Crippen molar-refractivity contribution in [3.8, 4) is 0 Å². The van der Waals surface area contributed by atoms with Crippen molar-refractivity contribution >= 4 is 22.6 Å². The van der Waals surface area contributed by atoms with Crippen molar-refractivity contribution in [2.24, 2.45) is 0 Å². The van der Waals surface area contributed by atoms with Crippen LogP contribution in [0.2, 0.25) is 5.02 Å². The second-order valence-corrected chi connectivity index (χ2v) is 4.91. The number of hydrogen-bond acceptors (Lipinski definition) is 2. The number of hydrogen-bond donors (Lipinski definition) is 1. The Morgan fingerprint density at radius 3 is 2.95 bits per heavy atom. The second kappa shape index (κ2) is 5.02. The summed E-state index contributed by atoms with van der Waals surface area (Å²) in [4.78, 5) is 11.7. The Labute approximate surface area is 116 Å². The maximum atomic E-state index is 6.32. The number of H-pyrrole nitrogens is 1. The minimum absolute atomic E-state index is 0.282. The number of pyridine rings is 2. The average molecular weight is 272 g/mol. The molecule has 19 heavy (non-hydrogen) atoms. The summed E-state index contributed by atoms with van der Waals surface area (Å²) < 4.78 is 0. The van der Waals surface area contributed by atoms with Crippen LogP contribution in [0.3, 0.4) is 0 Å². The lowest BCUT2D eigenvalue weighted by Gasteiger charge is -2.14. The monoisotopic (exact) mass is 271 g/mol. The van der Waals surface area contributed by atoms with Gasteiger partial charge in [-0.3, -0.25) is 4.98 Å². The van der Waals surface area contributed by atoms with E-state index in [0.29, 0.717) is 0 Å². The van der Waals surface area contributed by atoms with E-state index in [9.17, 15) is 0 Å². The van der Waals surface area contributed by atoms with Gasteiger partial charge in [-0.2, -0.15) is 0 Å². The molecule has 0 radical (unpaired) electrons. The second-order valence-electron chi connectivity index (χ2n) is 4.51. The van der Waals surface area contributed by atoms with Gasteiger partial charge in [-0.1, -0.05) is 24.6 Å². The zero-order chi connectivity index (χ0) is 13.2. The van der Waals surface area contributed by atoms with E-state index in [-0.39, 0.29) is 5.92 Å². The summed E-state index contributed by atoms with van der Waals surface area (Å²) in [5, 5.41) is 1.75. The molecule has 3 rings (SSSR count). The van der Waals surface area contributed by atoms with E-state index in [0.717, 1.165) is 22.5 Å². The molecule has 0 amide bonds. The lowest BCUT2D eigenvalue weighted by atomic mass is 9.90. The Kier molecular flexibility index (Phi) is 3.22. The first-order chi connectivity index (χ1) is 9.31.